The molecule has 1 saturated heterocycles. The first-order valence-corrected chi connectivity index (χ1v) is 9.64. The molecule has 31 heavy (non-hydrogen) atoms. The minimum absolute atomic E-state index is 0.0178. The van der Waals surface area contributed by atoms with Crippen molar-refractivity contribution >= 4 is 34.4 Å². The second kappa shape index (κ2) is 8.47. The van der Waals surface area contributed by atoms with Gasteiger partial charge in [-0.3, -0.25) is 9.59 Å². The van der Waals surface area contributed by atoms with E-state index in [2.05, 4.69) is 27.2 Å². The Hall–Kier alpha value is -3.88. The van der Waals surface area contributed by atoms with Gasteiger partial charge in [-0.1, -0.05) is 6.58 Å². The van der Waals surface area contributed by atoms with Gasteiger partial charge in [0.05, 0.1) is 11.2 Å². The van der Waals surface area contributed by atoms with Gasteiger partial charge in [0.15, 0.2) is 0 Å². The standard InChI is InChI=1S/C22H19F2N5O2/c1-2-20(30)27-19-5-3-13(10-17(19)24)21(31)29-8-7-16(12-29)26-22-25-11-14-9-15(23)4-6-18(14)28-22/h2-6,9-11,16H,1,7-8,12H2,(H,27,30)(H,25,26,28). The minimum Gasteiger partial charge on any atom is -0.350 e. The zero-order chi connectivity index (χ0) is 22.0. The first kappa shape index (κ1) is 20.4. The van der Waals surface area contributed by atoms with Gasteiger partial charge < -0.3 is 15.5 Å². The van der Waals surface area contributed by atoms with Crippen molar-refractivity contribution in [1.82, 2.24) is 14.9 Å². The smallest absolute Gasteiger partial charge is 0.254 e. The van der Waals surface area contributed by atoms with Gasteiger partial charge >= 0.3 is 0 Å². The summed E-state index contributed by atoms with van der Waals surface area (Å²) in [5.41, 5.74) is 0.790. The number of carbonyl (C=O) groups excluding carboxylic acids is 2. The van der Waals surface area contributed by atoms with E-state index in [-0.39, 0.29) is 29.0 Å². The van der Waals surface area contributed by atoms with Crippen LogP contribution in [0, 0.1) is 11.6 Å². The van der Waals surface area contributed by atoms with Crippen molar-refractivity contribution in [3.8, 4) is 0 Å². The minimum atomic E-state index is -0.698. The molecule has 3 aromatic rings. The van der Waals surface area contributed by atoms with E-state index in [1.807, 2.05) is 0 Å². The number of hydrogen-bond donors (Lipinski definition) is 2. The highest BCUT2D eigenvalue weighted by Gasteiger charge is 2.28. The molecule has 2 amide bonds. The maximum atomic E-state index is 14.2. The van der Waals surface area contributed by atoms with E-state index in [1.165, 1.54) is 24.3 Å². The van der Waals surface area contributed by atoms with E-state index < -0.39 is 11.7 Å². The van der Waals surface area contributed by atoms with Gasteiger partial charge in [0, 0.05) is 36.3 Å². The Morgan fingerprint density at radius 1 is 1.19 bits per heavy atom. The molecule has 0 radical (unpaired) electrons. The summed E-state index contributed by atoms with van der Waals surface area (Å²) in [6.45, 7) is 4.21. The number of halogens is 2. The quantitative estimate of drug-likeness (QED) is 0.615. The van der Waals surface area contributed by atoms with Crippen LogP contribution < -0.4 is 10.6 Å². The molecule has 158 valence electrons. The van der Waals surface area contributed by atoms with Crippen LogP contribution in [0.5, 0.6) is 0 Å². The summed E-state index contributed by atoms with van der Waals surface area (Å²) in [5.74, 6) is -1.50. The van der Waals surface area contributed by atoms with Crippen LogP contribution in [0.2, 0.25) is 0 Å². The first-order chi connectivity index (χ1) is 14.9. The monoisotopic (exact) mass is 423 g/mol. The number of likely N-dealkylation sites (tertiary alicyclic amines) is 1. The van der Waals surface area contributed by atoms with E-state index >= 15 is 0 Å². The molecule has 2 heterocycles. The summed E-state index contributed by atoms with van der Waals surface area (Å²) in [5, 5.41) is 6.14. The average molecular weight is 423 g/mol. The van der Waals surface area contributed by atoms with Gasteiger partial charge in [0.25, 0.3) is 5.91 Å². The topological polar surface area (TPSA) is 87.2 Å². The van der Waals surface area contributed by atoms with Gasteiger partial charge in [-0.2, -0.15) is 0 Å². The predicted octanol–water partition coefficient (Wildman–Crippen LogP) is 3.36. The Morgan fingerprint density at radius 3 is 2.81 bits per heavy atom. The van der Waals surface area contributed by atoms with Crippen LogP contribution in [0.1, 0.15) is 16.8 Å². The molecule has 7 nitrogen and oxygen atoms in total. The number of carbonyl (C=O) groups is 2. The Balaban J connectivity index is 1.41. The Kier molecular flexibility index (Phi) is 5.57. The number of nitrogens with zero attached hydrogens (tertiary/aromatic N) is 3. The molecule has 0 spiro atoms. The summed E-state index contributed by atoms with van der Waals surface area (Å²) < 4.78 is 27.5. The molecule has 1 fully saturated rings. The lowest BCUT2D eigenvalue weighted by Gasteiger charge is -2.18. The fraction of sp³-hybridized carbons (Fsp3) is 0.182. The number of rotatable bonds is 5. The fourth-order valence-electron chi connectivity index (χ4n) is 3.43. The van der Waals surface area contributed by atoms with E-state index in [9.17, 15) is 18.4 Å². The molecule has 0 saturated carbocycles. The molecule has 4 rings (SSSR count). The number of aromatic nitrogens is 2. The van der Waals surface area contributed by atoms with Gasteiger partial charge in [-0.15, -0.1) is 0 Å². The lowest BCUT2D eigenvalue weighted by Crippen LogP contribution is -2.32. The maximum Gasteiger partial charge on any atom is 0.254 e. The summed E-state index contributed by atoms with van der Waals surface area (Å²) in [6.07, 6.45) is 3.25. The third-order valence-electron chi connectivity index (χ3n) is 5.01. The van der Waals surface area contributed by atoms with Crippen molar-refractivity contribution < 1.29 is 18.4 Å². The third kappa shape index (κ3) is 4.50. The first-order valence-electron chi connectivity index (χ1n) is 9.64. The Bertz CT molecular complexity index is 1180. The molecular weight excluding hydrogens is 404 g/mol. The number of hydrogen-bond acceptors (Lipinski definition) is 5. The normalized spacial score (nSPS) is 15.7. The number of benzene rings is 2. The largest absolute Gasteiger partial charge is 0.350 e. The highest BCUT2D eigenvalue weighted by atomic mass is 19.1. The SMILES string of the molecule is C=CC(=O)Nc1ccc(C(=O)N2CCC(Nc3ncc4cc(F)ccc4n3)C2)cc1F. The van der Waals surface area contributed by atoms with Gasteiger partial charge in [0.2, 0.25) is 11.9 Å². The summed E-state index contributed by atoms with van der Waals surface area (Å²) in [4.78, 5) is 34.3. The lowest BCUT2D eigenvalue weighted by atomic mass is 10.1. The number of nitrogens with one attached hydrogen (secondary N) is 2. The van der Waals surface area contributed by atoms with Crippen molar-refractivity contribution in [2.24, 2.45) is 0 Å². The van der Waals surface area contributed by atoms with Crippen LogP contribution in [0.3, 0.4) is 0 Å². The molecule has 0 aliphatic carbocycles. The van der Waals surface area contributed by atoms with Crippen molar-refractivity contribution in [2.75, 3.05) is 23.7 Å². The van der Waals surface area contributed by atoms with Crippen LogP contribution >= 0.6 is 0 Å². The van der Waals surface area contributed by atoms with Gasteiger partial charge in [0.1, 0.15) is 11.6 Å². The van der Waals surface area contributed by atoms with Gasteiger partial charge in [-0.25, -0.2) is 18.7 Å². The van der Waals surface area contributed by atoms with E-state index in [0.29, 0.717) is 36.4 Å². The number of amides is 2. The Labute approximate surface area is 176 Å². The number of anilines is 2. The fourth-order valence-corrected chi connectivity index (χ4v) is 3.43. The second-order valence-electron chi connectivity index (χ2n) is 7.17. The molecule has 2 aromatic carbocycles. The average Bonchev–Trinajstić information content (AvgIpc) is 3.23. The third-order valence-corrected chi connectivity index (χ3v) is 5.01. The lowest BCUT2D eigenvalue weighted by molar-refractivity contribution is -0.111. The second-order valence-corrected chi connectivity index (χ2v) is 7.17. The van der Waals surface area contributed by atoms with Crippen LogP contribution in [0.4, 0.5) is 20.4 Å². The summed E-state index contributed by atoms with van der Waals surface area (Å²) >= 11 is 0. The van der Waals surface area contributed by atoms with Crippen LogP contribution in [-0.4, -0.2) is 45.8 Å². The molecule has 2 N–H and O–H groups in total. The van der Waals surface area contributed by atoms with Crippen molar-refractivity contribution in [3.63, 3.8) is 0 Å². The molecule has 9 heteroatoms. The van der Waals surface area contributed by atoms with Crippen LogP contribution in [0.25, 0.3) is 10.9 Å². The van der Waals surface area contributed by atoms with Crippen molar-refractivity contribution in [2.45, 2.75) is 12.5 Å². The number of fused-ring (bicyclic) bond motifs is 1. The van der Waals surface area contributed by atoms with Crippen LogP contribution in [-0.2, 0) is 4.79 Å². The molecule has 1 aromatic heterocycles. The Morgan fingerprint density at radius 2 is 2.03 bits per heavy atom. The highest BCUT2D eigenvalue weighted by Crippen LogP contribution is 2.21. The zero-order valence-corrected chi connectivity index (χ0v) is 16.4. The van der Waals surface area contributed by atoms with E-state index in [1.54, 1.807) is 17.2 Å². The molecule has 0 bridgehead atoms. The predicted molar refractivity (Wildman–Crippen MR) is 113 cm³/mol. The van der Waals surface area contributed by atoms with E-state index in [0.717, 1.165) is 12.1 Å². The van der Waals surface area contributed by atoms with Crippen molar-refractivity contribution in [1.29, 1.82) is 0 Å². The summed E-state index contributed by atoms with van der Waals surface area (Å²) in [7, 11) is 0. The molecule has 1 unspecified atom stereocenters. The van der Waals surface area contributed by atoms with E-state index in [4.69, 9.17) is 0 Å². The molecule has 1 aliphatic rings. The summed E-state index contributed by atoms with van der Waals surface area (Å²) in [6, 6.07) is 8.13. The van der Waals surface area contributed by atoms with Crippen LogP contribution in [0.15, 0.2) is 55.3 Å². The molecule has 1 aliphatic heterocycles. The maximum absolute atomic E-state index is 14.2. The molecular formula is C22H19F2N5O2. The zero-order valence-electron chi connectivity index (χ0n) is 16.4. The molecule has 1 atom stereocenters. The van der Waals surface area contributed by atoms with Gasteiger partial charge in [-0.05, 0) is 48.9 Å². The van der Waals surface area contributed by atoms with Crippen molar-refractivity contribution in [3.05, 3.63) is 72.4 Å². The highest BCUT2D eigenvalue weighted by molar-refractivity contribution is 6.00.